The molecule has 2 unspecified atom stereocenters. The maximum absolute atomic E-state index is 12.6. The minimum atomic E-state index is -0.370. The van der Waals surface area contributed by atoms with Gasteiger partial charge in [0, 0.05) is 25.7 Å². The van der Waals surface area contributed by atoms with Gasteiger partial charge in [0.1, 0.15) is 6.54 Å². The van der Waals surface area contributed by atoms with Crippen LogP contribution in [-0.4, -0.2) is 40.2 Å². The minimum absolute atomic E-state index is 0.173. The average molecular weight is 450 g/mol. The third-order valence-electron chi connectivity index (χ3n) is 6.33. The average Bonchev–Trinajstić information content (AvgIpc) is 3.31. The van der Waals surface area contributed by atoms with Crippen molar-refractivity contribution in [1.82, 2.24) is 25.5 Å². The number of likely N-dealkylation sites (N-methyl/N-ethyl adjacent to an activating group) is 1. The summed E-state index contributed by atoms with van der Waals surface area (Å²) >= 11 is 0. The van der Waals surface area contributed by atoms with Crippen molar-refractivity contribution in [3.05, 3.63) is 80.9 Å². The third kappa shape index (κ3) is 5.58. The Morgan fingerprint density at radius 2 is 1.70 bits per heavy atom. The maximum Gasteiger partial charge on any atom is 0.273 e. The molecule has 2 heterocycles. The Kier molecular flexibility index (Phi) is 7.36. The summed E-state index contributed by atoms with van der Waals surface area (Å²) in [6, 6.07) is 17.9. The van der Waals surface area contributed by atoms with Crippen LogP contribution in [0, 0.1) is 0 Å². The fourth-order valence-corrected chi connectivity index (χ4v) is 4.37. The van der Waals surface area contributed by atoms with E-state index in [2.05, 4.69) is 40.2 Å². The highest BCUT2D eigenvalue weighted by Crippen LogP contribution is 2.24. The Morgan fingerprint density at radius 1 is 0.970 bits per heavy atom. The number of fused-ring (bicyclic) bond motifs is 1. The van der Waals surface area contributed by atoms with E-state index in [1.165, 1.54) is 5.56 Å². The molecular formula is C25H31N5O3. The first kappa shape index (κ1) is 22.9. The number of aromatic nitrogens is 2. The van der Waals surface area contributed by atoms with E-state index in [4.69, 9.17) is 0 Å². The van der Waals surface area contributed by atoms with Crippen LogP contribution in [0.25, 0.3) is 10.8 Å². The van der Waals surface area contributed by atoms with Crippen LogP contribution in [0.5, 0.6) is 0 Å². The zero-order valence-electron chi connectivity index (χ0n) is 18.9. The van der Waals surface area contributed by atoms with Gasteiger partial charge in [-0.25, -0.2) is 4.68 Å². The van der Waals surface area contributed by atoms with Gasteiger partial charge in [0.2, 0.25) is 5.91 Å². The predicted molar refractivity (Wildman–Crippen MR) is 129 cm³/mol. The zero-order valence-corrected chi connectivity index (χ0v) is 18.9. The van der Waals surface area contributed by atoms with E-state index in [0.29, 0.717) is 29.4 Å². The molecule has 1 saturated heterocycles. The van der Waals surface area contributed by atoms with Gasteiger partial charge in [-0.3, -0.25) is 30.3 Å². The first-order chi connectivity index (χ1) is 16.0. The van der Waals surface area contributed by atoms with Crippen LogP contribution in [0.2, 0.25) is 0 Å². The van der Waals surface area contributed by atoms with Crippen LogP contribution in [-0.2, 0) is 11.3 Å². The largest absolute Gasteiger partial charge is 0.344 e. The minimum Gasteiger partial charge on any atom is -0.344 e. The summed E-state index contributed by atoms with van der Waals surface area (Å²) in [5.74, 6) is -0.199. The molecule has 8 nitrogen and oxygen atoms in total. The highest BCUT2D eigenvalue weighted by Gasteiger charge is 2.24. The molecule has 1 fully saturated rings. The standard InChI is InChI=1S/C25H31N5O3/c1-29(23(31)17-30-25(33)21-14-8-7-13-20(21)24(32)28-30)15-9-3-6-12-19-16-22(27-26-19)18-10-4-2-5-11-18/h2,4-5,7-8,10-11,13-14,19,22,26-27H,3,6,9,12,15-17H2,1H3,(H,28,32). The van der Waals surface area contributed by atoms with Crippen molar-refractivity contribution >= 4 is 16.7 Å². The highest BCUT2D eigenvalue weighted by atomic mass is 16.2. The van der Waals surface area contributed by atoms with Gasteiger partial charge >= 0.3 is 0 Å². The van der Waals surface area contributed by atoms with Crippen LogP contribution >= 0.6 is 0 Å². The first-order valence-electron chi connectivity index (χ1n) is 11.5. The second kappa shape index (κ2) is 10.6. The molecule has 3 aromatic rings. The van der Waals surface area contributed by atoms with Crippen molar-refractivity contribution in [2.75, 3.05) is 13.6 Å². The van der Waals surface area contributed by atoms with E-state index >= 15 is 0 Å². The molecular weight excluding hydrogens is 418 g/mol. The number of hydrazine groups is 1. The number of unbranched alkanes of at least 4 members (excludes halogenated alkanes) is 2. The van der Waals surface area contributed by atoms with Gasteiger partial charge < -0.3 is 4.90 Å². The molecule has 8 heteroatoms. The second-order valence-corrected chi connectivity index (χ2v) is 8.73. The molecule has 3 N–H and O–H groups in total. The Balaban J connectivity index is 1.19. The summed E-state index contributed by atoms with van der Waals surface area (Å²) in [5.41, 5.74) is 7.35. The molecule has 0 bridgehead atoms. The van der Waals surface area contributed by atoms with Crippen molar-refractivity contribution in [2.24, 2.45) is 0 Å². The Labute approximate surface area is 192 Å². The van der Waals surface area contributed by atoms with Crippen LogP contribution in [0.4, 0.5) is 0 Å². The predicted octanol–water partition coefficient (Wildman–Crippen LogP) is 2.32. The quantitative estimate of drug-likeness (QED) is 0.436. The second-order valence-electron chi connectivity index (χ2n) is 8.73. The molecule has 0 saturated carbocycles. The molecule has 2 atom stereocenters. The van der Waals surface area contributed by atoms with E-state index in [1.807, 2.05) is 6.07 Å². The Hall–Kier alpha value is -3.23. The van der Waals surface area contributed by atoms with E-state index in [1.54, 1.807) is 36.2 Å². The molecule has 1 aliphatic heterocycles. The number of benzene rings is 2. The molecule has 2 aromatic carbocycles. The number of hydrogen-bond donors (Lipinski definition) is 3. The summed E-state index contributed by atoms with van der Waals surface area (Å²) in [4.78, 5) is 39.0. The number of H-pyrrole nitrogens is 1. The summed E-state index contributed by atoms with van der Waals surface area (Å²) in [5, 5.41) is 3.17. The van der Waals surface area contributed by atoms with Gasteiger partial charge in [-0.2, -0.15) is 0 Å². The third-order valence-corrected chi connectivity index (χ3v) is 6.33. The highest BCUT2D eigenvalue weighted by molar-refractivity contribution is 5.81. The lowest BCUT2D eigenvalue weighted by Crippen LogP contribution is -2.38. The normalized spacial score (nSPS) is 18.0. The van der Waals surface area contributed by atoms with Crippen molar-refractivity contribution < 1.29 is 4.79 Å². The van der Waals surface area contributed by atoms with Gasteiger partial charge in [-0.15, -0.1) is 0 Å². The number of amides is 1. The van der Waals surface area contributed by atoms with E-state index in [-0.39, 0.29) is 23.6 Å². The van der Waals surface area contributed by atoms with Crippen molar-refractivity contribution in [3.8, 4) is 0 Å². The smallest absolute Gasteiger partial charge is 0.273 e. The topological polar surface area (TPSA) is 99.2 Å². The number of rotatable bonds is 9. The lowest BCUT2D eigenvalue weighted by atomic mass is 9.99. The fourth-order valence-electron chi connectivity index (χ4n) is 4.37. The first-order valence-corrected chi connectivity index (χ1v) is 11.5. The molecule has 1 amide bonds. The van der Waals surface area contributed by atoms with Crippen molar-refractivity contribution in [2.45, 2.75) is 50.7 Å². The number of nitrogens with one attached hydrogen (secondary N) is 3. The van der Waals surface area contributed by atoms with Crippen LogP contribution < -0.4 is 22.0 Å². The van der Waals surface area contributed by atoms with Gasteiger partial charge in [0.05, 0.1) is 10.8 Å². The molecule has 0 radical (unpaired) electrons. The van der Waals surface area contributed by atoms with Gasteiger partial charge in [0.25, 0.3) is 11.1 Å². The molecule has 0 aliphatic carbocycles. The lowest BCUT2D eigenvalue weighted by molar-refractivity contribution is -0.130. The molecule has 1 aromatic heterocycles. The molecule has 0 spiro atoms. The van der Waals surface area contributed by atoms with Crippen LogP contribution in [0.3, 0.4) is 0 Å². The zero-order chi connectivity index (χ0) is 23.2. The summed E-state index contributed by atoms with van der Waals surface area (Å²) in [7, 11) is 1.74. The van der Waals surface area contributed by atoms with E-state index < -0.39 is 0 Å². The molecule has 1 aliphatic rings. The maximum atomic E-state index is 12.6. The van der Waals surface area contributed by atoms with Crippen LogP contribution in [0.15, 0.2) is 64.2 Å². The number of nitrogens with zero attached hydrogens (tertiary/aromatic N) is 2. The summed E-state index contributed by atoms with van der Waals surface area (Å²) in [6.45, 7) is 0.447. The molecule has 174 valence electrons. The number of carbonyl (C=O) groups is 1. The SMILES string of the molecule is CN(CCCCCC1CC(c2ccccc2)NN1)C(=O)Cn1[nH]c(=O)c2ccccc2c1=O. The van der Waals surface area contributed by atoms with Gasteiger partial charge in [0.15, 0.2) is 0 Å². The monoisotopic (exact) mass is 449 g/mol. The number of hydrogen-bond acceptors (Lipinski definition) is 5. The van der Waals surface area contributed by atoms with E-state index in [9.17, 15) is 14.4 Å². The number of aromatic amines is 1. The van der Waals surface area contributed by atoms with Crippen LogP contribution in [0.1, 0.15) is 43.7 Å². The fraction of sp³-hybridized carbons (Fsp3) is 0.400. The van der Waals surface area contributed by atoms with Gasteiger partial charge in [-0.05, 0) is 37.0 Å². The molecule has 33 heavy (non-hydrogen) atoms. The van der Waals surface area contributed by atoms with Gasteiger partial charge in [-0.1, -0.05) is 55.3 Å². The van der Waals surface area contributed by atoms with Crippen molar-refractivity contribution in [1.29, 1.82) is 0 Å². The summed E-state index contributed by atoms with van der Waals surface area (Å²) in [6.07, 6.45) is 5.16. The molecule has 4 rings (SSSR count). The Morgan fingerprint density at radius 3 is 2.48 bits per heavy atom. The lowest BCUT2D eigenvalue weighted by Gasteiger charge is -2.18. The van der Waals surface area contributed by atoms with Crippen molar-refractivity contribution in [3.63, 3.8) is 0 Å². The summed E-state index contributed by atoms with van der Waals surface area (Å²) < 4.78 is 1.10. The Bertz CT molecular complexity index is 1200. The number of carbonyl (C=O) groups excluding carboxylic acids is 1. The van der Waals surface area contributed by atoms with E-state index in [0.717, 1.165) is 36.8 Å².